The number of aliphatic carboxylic acids is 2. The summed E-state index contributed by atoms with van der Waals surface area (Å²) in [6.45, 7) is 0. The fraction of sp³-hybridized carbons (Fsp3) is 0.391. The highest BCUT2D eigenvalue weighted by molar-refractivity contribution is 7.80. The Kier molecular flexibility index (Phi) is 11.1. The van der Waals surface area contributed by atoms with Gasteiger partial charge in [-0.3, -0.25) is 24.0 Å². The number of amides is 4. The summed E-state index contributed by atoms with van der Waals surface area (Å²) in [6.07, 6.45) is 0.386. The van der Waals surface area contributed by atoms with Crippen molar-refractivity contribution in [2.45, 2.75) is 49.9 Å². The van der Waals surface area contributed by atoms with E-state index in [0.717, 1.165) is 10.9 Å². The smallest absolute Gasteiger partial charge is 0.326 e. The summed E-state index contributed by atoms with van der Waals surface area (Å²) in [4.78, 5) is 74.9. The number of H-pyrrole nitrogens is 1. The van der Waals surface area contributed by atoms with E-state index in [9.17, 15) is 33.9 Å². The lowest BCUT2D eigenvalue weighted by molar-refractivity contribution is -0.142. The molecule has 1 aromatic heterocycles. The van der Waals surface area contributed by atoms with Gasteiger partial charge in [0.15, 0.2) is 0 Å². The number of aromatic nitrogens is 1. The minimum Gasteiger partial charge on any atom is -0.481 e. The van der Waals surface area contributed by atoms with Gasteiger partial charge >= 0.3 is 11.9 Å². The Morgan fingerprint density at radius 3 is 2.13 bits per heavy atom. The Bertz CT molecular complexity index is 1200. The van der Waals surface area contributed by atoms with Gasteiger partial charge < -0.3 is 42.6 Å². The number of carboxylic acids is 2. The molecule has 4 unspecified atom stereocenters. The van der Waals surface area contributed by atoms with Crippen molar-refractivity contribution in [1.82, 2.24) is 20.9 Å². The molecule has 4 amide bonds. The summed E-state index contributed by atoms with van der Waals surface area (Å²) >= 11 is 4.06. The molecule has 10 N–H and O–H groups in total. The van der Waals surface area contributed by atoms with Gasteiger partial charge in [-0.2, -0.15) is 12.6 Å². The molecule has 0 saturated carbocycles. The number of nitrogens with one attached hydrogen (secondary N) is 4. The molecule has 0 spiro atoms. The maximum absolute atomic E-state index is 13.2. The molecule has 4 atom stereocenters. The normalized spacial score (nSPS) is 14.1. The summed E-state index contributed by atoms with van der Waals surface area (Å²) in [5.41, 5.74) is 12.1. The van der Waals surface area contributed by atoms with Crippen LogP contribution in [0.25, 0.3) is 10.9 Å². The first-order valence-electron chi connectivity index (χ1n) is 11.5. The topological polar surface area (TPSA) is 247 Å². The molecule has 0 aliphatic rings. The van der Waals surface area contributed by atoms with Crippen LogP contribution in [0.2, 0.25) is 0 Å². The predicted molar refractivity (Wildman–Crippen MR) is 138 cm³/mol. The van der Waals surface area contributed by atoms with E-state index in [1.807, 2.05) is 12.1 Å². The highest BCUT2D eigenvalue weighted by Gasteiger charge is 2.31. The number of rotatable bonds is 15. The number of carbonyl (C=O) groups excluding carboxylic acids is 4. The average Bonchev–Trinajstić information content (AvgIpc) is 3.26. The minimum atomic E-state index is -1.44. The second-order valence-corrected chi connectivity index (χ2v) is 8.84. The van der Waals surface area contributed by atoms with Crippen LogP contribution in [0.1, 0.15) is 24.8 Å². The van der Waals surface area contributed by atoms with E-state index in [0.29, 0.717) is 5.56 Å². The average molecular weight is 551 g/mol. The van der Waals surface area contributed by atoms with Crippen LogP contribution in [0.5, 0.6) is 0 Å². The van der Waals surface area contributed by atoms with E-state index in [-0.39, 0.29) is 25.0 Å². The standard InChI is InChI=1S/C23H30N6O8S/c24-13(8-19(31)32)20(33)28-16(7-11-9-26-14-4-2-1-3-12(11)14)21(34)29-17(10-38)22(35)27-15(23(36)37)5-6-18(25)30/h1-4,9,13,15-17,26,38H,5-8,10,24H2,(H2,25,30)(H,27,35)(H,28,33)(H,29,34)(H,31,32)(H,36,37). The quantitative estimate of drug-likeness (QED) is 0.114. The number of thiol groups is 1. The number of fused-ring (bicyclic) bond motifs is 1. The van der Waals surface area contributed by atoms with Crippen molar-refractivity contribution < 1.29 is 39.0 Å². The van der Waals surface area contributed by atoms with Crippen molar-refractivity contribution in [3.8, 4) is 0 Å². The lowest BCUT2D eigenvalue weighted by atomic mass is 10.0. The summed E-state index contributed by atoms with van der Waals surface area (Å²) in [5, 5.41) is 26.1. The number of nitrogens with two attached hydrogens (primary N) is 2. The van der Waals surface area contributed by atoms with Crippen LogP contribution in [-0.2, 0) is 35.2 Å². The maximum Gasteiger partial charge on any atom is 0.326 e. The fourth-order valence-corrected chi connectivity index (χ4v) is 3.83. The molecule has 0 saturated heterocycles. The first kappa shape index (κ1) is 30.1. The molecular weight excluding hydrogens is 520 g/mol. The van der Waals surface area contributed by atoms with Gasteiger partial charge in [0, 0.05) is 35.7 Å². The van der Waals surface area contributed by atoms with E-state index >= 15 is 0 Å². The molecule has 0 aliphatic heterocycles. The second-order valence-electron chi connectivity index (χ2n) is 8.48. The predicted octanol–water partition coefficient (Wildman–Crippen LogP) is -1.75. The van der Waals surface area contributed by atoms with Gasteiger partial charge in [-0.25, -0.2) is 4.79 Å². The molecule has 0 aliphatic carbocycles. The lowest BCUT2D eigenvalue weighted by Crippen LogP contribution is -2.58. The van der Waals surface area contributed by atoms with Gasteiger partial charge in [0.2, 0.25) is 23.6 Å². The third kappa shape index (κ3) is 8.77. The molecule has 14 nitrogen and oxygen atoms in total. The van der Waals surface area contributed by atoms with Crippen LogP contribution in [0.15, 0.2) is 30.5 Å². The van der Waals surface area contributed by atoms with Crippen LogP contribution >= 0.6 is 12.6 Å². The van der Waals surface area contributed by atoms with Crippen LogP contribution in [-0.4, -0.2) is 80.7 Å². The zero-order chi connectivity index (χ0) is 28.4. The zero-order valence-corrected chi connectivity index (χ0v) is 21.1. The van der Waals surface area contributed by atoms with E-state index in [4.69, 9.17) is 16.6 Å². The minimum absolute atomic E-state index is 0.0430. The van der Waals surface area contributed by atoms with Crippen molar-refractivity contribution >= 4 is 59.1 Å². The summed E-state index contributed by atoms with van der Waals surface area (Å²) in [7, 11) is 0. The Hall–Kier alpha value is -4.11. The number of benzene rings is 1. The van der Waals surface area contributed by atoms with E-state index in [1.165, 1.54) is 0 Å². The SMILES string of the molecule is NC(=O)CCC(NC(=O)C(CS)NC(=O)C(Cc1c[nH]c2ccccc12)NC(=O)C(N)CC(=O)O)C(=O)O. The Balaban J connectivity index is 2.22. The molecule has 38 heavy (non-hydrogen) atoms. The van der Waals surface area contributed by atoms with Crippen LogP contribution < -0.4 is 27.4 Å². The molecule has 15 heteroatoms. The maximum atomic E-state index is 13.2. The molecule has 0 radical (unpaired) electrons. The van der Waals surface area contributed by atoms with Crippen LogP contribution in [0.3, 0.4) is 0 Å². The molecule has 0 fully saturated rings. The highest BCUT2D eigenvalue weighted by Crippen LogP contribution is 2.19. The van der Waals surface area contributed by atoms with Gasteiger partial charge in [0.1, 0.15) is 18.1 Å². The zero-order valence-electron chi connectivity index (χ0n) is 20.2. The number of hydrogen-bond donors (Lipinski definition) is 9. The molecule has 0 bridgehead atoms. The number of para-hydroxylation sites is 1. The van der Waals surface area contributed by atoms with E-state index in [1.54, 1.807) is 18.3 Å². The summed E-state index contributed by atoms with van der Waals surface area (Å²) < 4.78 is 0. The molecule has 1 heterocycles. The molecule has 2 rings (SSSR count). The monoisotopic (exact) mass is 550 g/mol. The van der Waals surface area contributed by atoms with Crippen molar-refractivity contribution in [3.05, 3.63) is 36.0 Å². The van der Waals surface area contributed by atoms with Crippen molar-refractivity contribution in [3.63, 3.8) is 0 Å². The summed E-state index contributed by atoms with van der Waals surface area (Å²) in [6, 6.07) is 1.75. The third-order valence-electron chi connectivity index (χ3n) is 5.57. The first-order chi connectivity index (χ1) is 17.9. The van der Waals surface area contributed by atoms with Gasteiger partial charge in [-0.1, -0.05) is 18.2 Å². The van der Waals surface area contributed by atoms with Gasteiger partial charge in [-0.05, 0) is 18.1 Å². The van der Waals surface area contributed by atoms with Crippen molar-refractivity contribution in [1.29, 1.82) is 0 Å². The Morgan fingerprint density at radius 1 is 0.921 bits per heavy atom. The number of carboxylic acid groups (broad SMARTS) is 2. The Morgan fingerprint density at radius 2 is 1.53 bits per heavy atom. The van der Waals surface area contributed by atoms with E-state index < -0.39 is 66.2 Å². The molecule has 206 valence electrons. The highest BCUT2D eigenvalue weighted by atomic mass is 32.1. The number of aromatic amines is 1. The van der Waals surface area contributed by atoms with Gasteiger partial charge in [-0.15, -0.1) is 0 Å². The second kappa shape index (κ2) is 14.0. The van der Waals surface area contributed by atoms with Gasteiger partial charge in [0.25, 0.3) is 0 Å². The van der Waals surface area contributed by atoms with Crippen LogP contribution in [0.4, 0.5) is 0 Å². The molecule has 2 aromatic rings. The Labute approximate surface area is 222 Å². The van der Waals surface area contributed by atoms with Crippen LogP contribution in [0, 0.1) is 0 Å². The third-order valence-corrected chi connectivity index (χ3v) is 5.94. The van der Waals surface area contributed by atoms with Crippen molar-refractivity contribution in [2.75, 3.05) is 5.75 Å². The van der Waals surface area contributed by atoms with Gasteiger partial charge in [0.05, 0.1) is 12.5 Å². The number of primary amides is 1. The number of carbonyl (C=O) groups is 6. The fourth-order valence-electron chi connectivity index (χ4n) is 3.57. The van der Waals surface area contributed by atoms with E-state index in [2.05, 4.69) is 33.6 Å². The largest absolute Gasteiger partial charge is 0.481 e. The molecular formula is C23H30N6O8S. The van der Waals surface area contributed by atoms with Crippen molar-refractivity contribution in [2.24, 2.45) is 11.5 Å². The first-order valence-corrected chi connectivity index (χ1v) is 12.1. The number of hydrogen-bond acceptors (Lipinski definition) is 8. The lowest BCUT2D eigenvalue weighted by Gasteiger charge is -2.24. The molecule has 1 aromatic carbocycles. The summed E-state index contributed by atoms with van der Waals surface area (Å²) in [5.74, 6) is -6.28.